The molecule has 0 spiro atoms. The van der Waals surface area contributed by atoms with Crippen molar-refractivity contribution < 1.29 is 0 Å². The molecule has 2 aliphatic heterocycles. The molecule has 4 rings (SSSR count). The molecule has 2 bridgehead atoms. The lowest BCUT2D eigenvalue weighted by Gasteiger charge is -2.38. The minimum Gasteiger partial charge on any atom is -0.356 e. The van der Waals surface area contributed by atoms with Crippen LogP contribution in [0.4, 0.5) is 0 Å². The molecule has 3 nitrogen and oxygen atoms in total. The summed E-state index contributed by atoms with van der Waals surface area (Å²) in [5.74, 6) is 4.04. The topological polar surface area (TPSA) is 27.6 Å². The first-order valence-corrected chi connectivity index (χ1v) is 8.69. The lowest BCUT2D eigenvalue weighted by Crippen LogP contribution is -2.50. The van der Waals surface area contributed by atoms with Gasteiger partial charge in [0.1, 0.15) is 0 Å². The number of fused-ring (bicyclic) bond motifs is 3. The van der Waals surface area contributed by atoms with Gasteiger partial charge in [-0.25, -0.2) is 0 Å². The van der Waals surface area contributed by atoms with Crippen molar-refractivity contribution in [3.63, 3.8) is 0 Å². The Balaban J connectivity index is 1.38. The van der Waals surface area contributed by atoms with Crippen LogP contribution in [-0.4, -0.2) is 36.5 Å². The van der Waals surface area contributed by atoms with Crippen LogP contribution in [0, 0.1) is 23.2 Å². The van der Waals surface area contributed by atoms with E-state index in [0.29, 0.717) is 11.5 Å². The summed E-state index contributed by atoms with van der Waals surface area (Å²) in [4.78, 5) is 7.36. The number of nitrogens with zero attached hydrogens (tertiary/aromatic N) is 2. The Morgan fingerprint density at radius 1 is 1.30 bits per heavy atom. The van der Waals surface area contributed by atoms with E-state index < -0.39 is 0 Å². The fourth-order valence-corrected chi connectivity index (χ4v) is 5.32. The second kappa shape index (κ2) is 4.64. The molecule has 5 atom stereocenters. The largest absolute Gasteiger partial charge is 0.356 e. The predicted molar refractivity (Wildman–Crippen MR) is 82.8 cm³/mol. The van der Waals surface area contributed by atoms with Gasteiger partial charge < -0.3 is 10.2 Å². The van der Waals surface area contributed by atoms with Crippen LogP contribution in [-0.2, 0) is 0 Å². The Bertz CT molecular complexity index is 418. The molecular weight excluding hydrogens is 246 g/mol. The van der Waals surface area contributed by atoms with Crippen LogP contribution >= 0.6 is 0 Å². The summed E-state index contributed by atoms with van der Waals surface area (Å²) in [6.07, 6.45) is 8.61. The Hall–Kier alpha value is -0.730. The monoisotopic (exact) mass is 275 g/mol. The lowest BCUT2D eigenvalue weighted by atomic mass is 9.75. The molecule has 0 aromatic heterocycles. The van der Waals surface area contributed by atoms with E-state index in [-0.39, 0.29) is 0 Å². The maximum Gasteiger partial charge on any atom is 0.194 e. The van der Waals surface area contributed by atoms with Crippen LogP contribution in [0.5, 0.6) is 0 Å². The second-order valence-electron chi connectivity index (χ2n) is 8.24. The van der Waals surface area contributed by atoms with E-state index in [1.165, 1.54) is 51.0 Å². The van der Waals surface area contributed by atoms with E-state index in [0.717, 1.165) is 30.8 Å². The van der Waals surface area contributed by atoms with Gasteiger partial charge >= 0.3 is 0 Å². The van der Waals surface area contributed by atoms with Crippen molar-refractivity contribution in [2.24, 2.45) is 28.2 Å². The fraction of sp³-hybridized carbons (Fsp3) is 0.941. The van der Waals surface area contributed by atoms with Gasteiger partial charge in [0.05, 0.1) is 12.6 Å². The summed E-state index contributed by atoms with van der Waals surface area (Å²) in [5, 5.41) is 3.74. The summed E-state index contributed by atoms with van der Waals surface area (Å²) in [7, 11) is 0. The van der Waals surface area contributed by atoms with Crippen LogP contribution in [0.25, 0.3) is 0 Å². The summed E-state index contributed by atoms with van der Waals surface area (Å²) >= 11 is 0. The van der Waals surface area contributed by atoms with Gasteiger partial charge in [-0.3, -0.25) is 4.99 Å². The van der Waals surface area contributed by atoms with Crippen molar-refractivity contribution in [1.29, 1.82) is 0 Å². The van der Waals surface area contributed by atoms with Crippen molar-refractivity contribution in [1.82, 2.24) is 10.2 Å². The zero-order valence-corrected chi connectivity index (χ0v) is 13.1. The number of rotatable bonds is 2. The number of piperidine rings is 1. The van der Waals surface area contributed by atoms with Crippen LogP contribution in [0.3, 0.4) is 0 Å². The zero-order valence-electron chi connectivity index (χ0n) is 13.1. The van der Waals surface area contributed by atoms with Crippen LogP contribution in [0.2, 0.25) is 0 Å². The third kappa shape index (κ3) is 2.05. The molecule has 1 saturated heterocycles. The van der Waals surface area contributed by atoms with E-state index >= 15 is 0 Å². The molecule has 20 heavy (non-hydrogen) atoms. The van der Waals surface area contributed by atoms with E-state index in [9.17, 15) is 0 Å². The fourth-order valence-electron chi connectivity index (χ4n) is 5.32. The normalized spacial score (nSPS) is 46.5. The van der Waals surface area contributed by atoms with Crippen molar-refractivity contribution in [2.75, 3.05) is 19.6 Å². The molecule has 0 aromatic carbocycles. The van der Waals surface area contributed by atoms with Gasteiger partial charge in [-0.1, -0.05) is 20.3 Å². The van der Waals surface area contributed by atoms with Crippen molar-refractivity contribution in [3.8, 4) is 0 Å². The molecule has 4 aliphatic rings. The van der Waals surface area contributed by atoms with E-state index in [4.69, 9.17) is 4.99 Å². The van der Waals surface area contributed by atoms with Gasteiger partial charge in [-0.15, -0.1) is 0 Å². The van der Waals surface area contributed by atoms with E-state index in [1.807, 2.05) is 0 Å². The smallest absolute Gasteiger partial charge is 0.194 e. The van der Waals surface area contributed by atoms with E-state index in [1.54, 1.807) is 0 Å². The number of guanidine groups is 1. The van der Waals surface area contributed by atoms with Crippen LogP contribution in [0.1, 0.15) is 52.4 Å². The molecule has 0 radical (unpaired) electrons. The van der Waals surface area contributed by atoms with Gasteiger partial charge in [-0.05, 0) is 55.3 Å². The lowest BCUT2D eigenvalue weighted by molar-refractivity contribution is 0.181. The standard InChI is InChI=1S/C17H29N3/c1-12-3-6-15-9-18-16(20(15)10-12)19-11-17(2)8-13-4-5-14(17)7-13/h12-15H,3-11H2,1-2H3,(H,18,19). The third-order valence-electron chi connectivity index (χ3n) is 6.60. The highest BCUT2D eigenvalue weighted by Gasteiger charge is 2.48. The molecule has 0 aromatic rings. The molecule has 5 unspecified atom stereocenters. The van der Waals surface area contributed by atoms with Gasteiger partial charge in [0, 0.05) is 13.1 Å². The molecule has 112 valence electrons. The molecule has 2 heterocycles. The number of hydrogen-bond donors (Lipinski definition) is 1. The minimum atomic E-state index is 0.533. The SMILES string of the molecule is CC1CCC2CN=C(NCC3(C)CC4CCC3C4)N2C1. The molecular formula is C17H29N3. The van der Waals surface area contributed by atoms with Crippen molar-refractivity contribution in [3.05, 3.63) is 0 Å². The Morgan fingerprint density at radius 2 is 2.20 bits per heavy atom. The van der Waals surface area contributed by atoms with Gasteiger partial charge in [-0.2, -0.15) is 0 Å². The predicted octanol–water partition coefficient (Wildman–Crippen LogP) is 2.87. The Morgan fingerprint density at radius 3 is 2.95 bits per heavy atom. The van der Waals surface area contributed by atoms with E-state index in [2.05, 4.69) is 24.1 Å². The van der Waals surface area contributed by atoms with Crippen molar-refractivity contribution in [2.45, 2.75) is 58.4 Å². The first kappa shape index (κ1) is 13.0. The van der Waals surface area contributed by atoms with Crippen LogP contribution in [0.15, 0.2) is 4.99 Å². The van der Waals surface area contributed by atoms with Gasteiger partial charge in [0.25, 0.3) is 0 Å². The maximum atomic E-state index is 4.80. The highest BCUT2D eigenvalue weighted by Crippen LogP contribution is 2.55. The summed E-state index contributed by atoms with van der Waals surface area (Å²) in [5.41, 5.74) is 0.533. The molecule has 0 amide bonds. The zero-order chi connectivity index (χ0) is 13.7. The molecule has 2 saturated carbocycles. The minimum absolute atomic E-state index is 0.533. The average Bonchev–Trinajstić information content (AvgIpc) is 3.10. The highest BCUT2D eigenvalue weighted by atomic mass is 15.4. The molecule has 1 N–H and O–H groups in total. The quantitative estimate of drug-likeness (QED) is 0.839. The summed E-state index contributed by atoms with van der Waals surface area (Å²) < 4.78 is 0. The van der Waals surface area contributed by atoms with Crippen molar-refractivity contribution >= 4 is 5.96 Å². The molecule has 2 aliphatic carbocycles. The highest BCUT2D eigenvalue weighted by molar-refractivity contribution is 5.82. The third-order valence-corrected chi connectivity index (χ3v) is 6.60. The number of nitrogens with one attached hydrogen (secondary N) is 1. The Kier molecular flexibility index (Phi) is 3.01. The Labute approximate surface area is 123 Å². The van der Waals surface area contributed by atoms with Gasteiger partial charge in [0.2, 0.25) is 0 Å². The molecule has 3 fully saturated rings. The number of aliphatic imine (C=N–C) groups is 1. The average molecular weight is 275 g/mol. The first-order chi connectivity index (χ1) is 9.64. The maximum absolute atomic E-state index is 4.80. The van der Waals surface area contributed by atoms with Gasteiger partial charge in [0.15, 0.2) is 5.96 Å². The number of hydrogen-bond acceptors (Lipinski definition) is 3. The summed E-state index contributed by atoms with van der Waals surface area (Å²) in [6, 6.07) is 0.696. The second-order valence-corrected chi connectivity index (χ2v) is 8.24. The summed E-state index contributed by atoms with van der Waals surface area (Å²) in [6.45, 7) is 8.26. The molecule has 3 heteroatoms. The van der Waals surface area contributed by atoms with Crippen LogP contribution < -0.4 is 5.32 Å². The first-order valence-electron chi connectivity index (χ1n) is 8.69.